The smallest absolute Gasteiger partial charge is 0.312 e. The van der Waals surface area contributed by atoms with Crippen LogP contribution in [-0.2, 0) is 0 Å². The molecule has 0 bridgehead atoms. The van der Waals surface area contributed by atoms with Crippen LogP contribution < -0.4 is 4.74 Å². The van der Waals surface area contributed by atoms with E-state index in [1.54, 1.807) is 13.8 Å². The van der Waals surface area contributed by atoms with Crippen LogP contribution in [0.4, 0.5) is 5.69 Å². The molecule has 0 fully saturated rings. The predicted octanol–water partition coefficient (Wildman–Crippen LogP) is 3.32. The molecule has 0 aliphatic rings. The molecule has 0 unspecified atom stereocenters. The first-order chi connectivity index (χ1) is 9.92. The summed E-state index contributed by atoms with van der Waals surface area (Å²) in [6.07, 6.45) is 0. The lowest BCUT2D eigenvalue weighted by Crippen LogP contribution is -1.99. The Bertz CT molecular complexity index is 771. The maximum Gasteiger partial charge on any atom is 0.312 e. The highest BCUT2D eigenvalue weighted by atomic mass is 35.5. The first-order valence-corrected chi connectivity index (χ1v) is 6.17. The molecule has 8 heteroatoms. The van der Waals surface area contributed by atoms with Crippen LogP contribution in [0, 0.1) is 35.3 Å². The van der Waals surface area contributed by atoms with Gasteiger partial charge in [-0.15, -0.1) is 0 Å². The molecule has 0 atom stereocenters. The molecule has 1 aromatic heterocycles. The molecule has 2 aromatic rings. The van der Waals surface area contributed by atoms with Gasteiger partial charge in [0.1, 0.15) is 0 Å². The topological polar surface area (TPSA) is 102 Å². The van der Waals surface area contributed by atoms with Gasteiger partial charge in [0.05, 0.1) is 27.9 Å². The Kier molecular flexibility index (Phi) is 4.00. The summed E-state index contributed by atoms with van der Waals surface area (Å²) in [6.45, 7) is 3.46. The van der Waals surface area contributed by atoms with E-state index in [2.05, 4.69) is 9.97 Å². The number of nitro benzene ring substituents is 1. The Morgan fingerprint density at radius 3 is 2.62 bits per heavy atom. The van der Waals surface area contributed by atoms with Crippen molar-refractivity contribution < 1.29 is 9.66 Å². The van der Waals surface area contributed by atoms with E-state index in [0.29, 0.717) is 11.4 Å². The van der Waals surface area contributed by atoms with E-state index in [0.717, 1.165) is 6.07 Å². The summed E-state index contributed by atoms with van der Waals surface area (Å²) in [5, 5.41) is 19.8. The van der Waals surface area contributed by atoms with Crippen molar-refractivity contribution >= 4 is 17.3 Å². The first-order valence-electron chi connectivity index (χ1n) is 5.79. The van der Waals surface area contributed by atoms with Gasteiger partial charge >= 0.3 is 5.69 Å². The van der Waals surface area contributed by atoms with Crippen molar-refractivity contribution in [2.75, 3.05) is 0 Å². The lowest BCUT2D eigenvalue weighted by atomic mass is 10.2. The summed E-state index contributed by atoms with van der Waals surface area (Å²) >= 11 is 5.92. The van der Waals surface area contributed by atoms with Gasteiger partial charge in [0, 0.05) is 6.07 Å². The number of aryl methyl sites for hydroxylation is 2. The molecule has 0 aliphatic carbocycles. The van der Waals surface area contributed by atoms with Crippen LogP contribution >= 0.6 is 11.6 Å². The van der Waals surface area contributed by atoms with Gasteiger partial charge in [-0.2, -0.15) is 5.26 Å². The van der Waals surface area contributed by atoms with Gasteiger partial charge in [0.2, 0.25) is 5.75 Å². The highest BCUT2D eigenvalue weighted by molar-refractivity contribution is 6.30. The summed E-state index contributed by atoms with van der Waals surface area (Å²) in [5.41, 5.74) is 1.06. The predicted molar refractivity (Wildman–Crippen MR) is 74.4 cm³/mol. The molecular formula is C13H9ClN4O3. The van der Waals surface area contributed by atoms with Gasteiger partial charge in [0.25, 0.3) is 5.88 Å². The molecule has 21 heavy (non-hydrogen) atoms. The molecule has 1 aromatic carbocycles. The molecule has 0 radical (unpaired) electrons. The number of benzene rings is 1. The maximum absolute atomic E-state index is 11.0. The van der Waals surface area contributed by atoms with Crippen molar-refractivity contribution in [1.29, 1.82) is 5.26 Å². The average Bonchev–Trinajstić information content (AvgIpc) is 2.44. The molecule has 2 rings (SSSR count). The number of hydrogen-bond acceptors (Lipinski definition) is 6. The van der Waals surface area contributed by atoms with Crippen LogP contribution in [0.5, 0.6) is 11.6 Å². The third-order valence-electron chi connectivity index (χ3n) is 2.73. The molecule has 0 spiro atoms. The lowest BCUT2D eigenvalue weighted by Gasteiger charge is -2.08. The van der Waals surface area contributed by atoms with Crippen LogP contribution in [0.25, 0.3) is 0 Å². The molecule has 1 heterocycles. The fourth-order valence-electron chi connectivity index (χ4n) is 1.54. The zero-order valence-corrected chi connectivity index (χ0v) is 11.9. The standard InChI is InChI=1S/C13H9ClN4O3/c1-7-8(2)17-13(12(14)16-7)21-11-4-3-9(6-15)5-10(11)18(19)20/h3-5H,1-2H3. The second-order valence-electron chi connectivity index (χ2n) is 4.14. The maximum atomic E-state index is 11.0. The number of nitro groups is 1. The summed E-state index contributed by atoms with van der Waals surface area (Å²) < 4.78 is 5.38. The number of aromatic nitrogens is 2. The van der Waals surface area contributed by atoms with Crippen LogP contribution in [0.2, 0.25) is 5.15 Å². The van der Waals surface area contributed by atoms with Gasteiger partial charge in [-0.05, 0) is 26.0 Å². The Hall–Kier alpha value is -2.72. The van der Waals surface area contributed by atoms with E-state index in [9.17, 15) is 10.1 Å². The van der Waals surface area contributed by atoms with Crippen molar-refractivity contribution in [2.24, 2.45) is 0 Å². The van der Waals surface area contributed by atoms with Crippen LogP contribution in [-0.4, -0.2) is 14.9 Å². The van der Waals surface area contributed by atoms with E-state index < -0.39 is 4.92 Å². The Morgan fingerprint density at radius 2 is 2.00 bits per heavy atom. The summed E-state index contributed by atoms with van der Waals surface area (Å²) in [6, 6.07) is 5.68. The van der Waals surface area contributed by atoms with Gasteiger partial charge in [-0.3, -0.25) is 10.1 Å². The number of ether oxygens (including phenoxy) is 1. The largest absolute Gasteiger partial charge is 0.429 e. The van der Waals surface area contributed by atoms with E-state index in [4.69, 9.17) is 21.6 Å². The summed E-state index contributed by atoms with van der Waals surface area (Å²) in [5.74, 6) is -0.0778. The number of rotatable bonds is 3. The highest BCUT2D eigenvalue weighted by Gasteiger charge is 2.19. The number of halogens is 1. The minimum atomic E-state index is -0.640. The van der Waals surface area contributed by atoms with E-state index in [1.807, 2.05) is 6.07 Å². The first kappa shape index (κ1) is 14.7. The third kappa shape index (κ3) is 3.07. The molecule has 0 N–H and O–H groups in total. The SMILES string of the molecule is Cc1nc(Cl)c(Oc2ccc(C#N)cc2[N+](=O)[O-])nc1C. The zero-order valence-electron chi connectivity index (χ0n) is 11.1. The Balaban J connectivity index is 2.47. The Morgan fingerprint density at radius 1 is 1.33 bits per heavy atom. The van der Waals surface area contributed by atoms with Crippen molar-refractivity contribution in [3.63, 3.8) is 0 Å². The van der Waals surface area contributed by atoms with Crippen molar-refractivity contribution in [1.82, 2.24) is 9.97 Å². The molecule has 0 saturated heterocycles. The molecule has 0 amide bonds. The lowest BCUT2D eigenvalue weighted by molar-refractivity contribution is -0.385. The van der Waals surface area contributed by atoms with Crippen LogP contribution in [0.3, 0.4) is 0 Å². The van der Waals surface area contributed by atoms with Crippen LogP contribution in [0.15, 0.2) is 18.2 Å². The average molecular weight is 305 g/mol. The number of nitriles is 1. The Labute approximate surface area is 124 Å². The summed E-state index contributed by atoms with van der Waals surface area (Å²) in [4.78, 5) is 18.5. The monoisotopic (exact) mass is 304 g/mol. The van der Waals surface area contributed by atoms with E-state index in [1.165, 1.54) is 12.1 Å². The van der Waals surface area contributed by atoms with Crippen molar-refractivity contribution in [3.05, 3.63) is 50.4 Å². The van der Waals surface area contributed by atoms with Gasteiger partial charge in [-0.25, -0.2) is 9.97 Å². The second-order valence-corrected chi connectivity index (χ2v) is 4.50. The number of nitrogens with zero attached hydrogens (tertiary/aromatic N) is 4. The van der Waals surface area contributed by atoms with Crippen LogP contribution in [0.1, 0.15) is 17.0 Å². The van der Waals surface area contributed by atoms with E-state index >= 15 is 0 Å². The van der Waals surface area contributed by atoms with Gasteiger partial charge in [-0.1, -0.05) is 11.6 Å². The van der Waals surface area contributed by atoms with Gasteiger partial charge < -0.3 is 4.74 Å². The zero-order chi connectivity index (χ0) is 15.6. The minimum absolute atomic E-state index is 0.0109. The minimum Gasteiger partial charge on any atom is -0.429 e. The molecule has 0 saturated carbocycles. The molecule has 0 aliphatic heterocycles. The molecule has 7 nitrogen and oxygen atoms in total. The number of hydrogen-bond donors (Lipinski definition) is 0. The van der Waals surface area contributed by atoms with Gasteiger partial charge in [0.15, 0.2) is 5.15 Å². The summed E-state index contributed by atoms with van der Waals surface area (Å²) in [7, 11) is 0. The fraction of sp³-hybridized carbons (Fsp3) is 0.154. The quantitative estimate of drug-likeness (QED) is 0.636. The fourth-order valence-corrected chi connectivity index (χ4v) is 1.75. The van der Waals surface area contributed by atoms with Crippen molar-refractivity contribution in [3.8, 4) is 17.7 Å². The second kappa shape index (κ2) is 5.73. The third-order valence-corrected chi connectivity index (χ3v) is 2.97. The van der Waals surface area contributed by atoms with Crippen molar-refractivity contribution in [2.45, 2.75) is 13.8 Å². The highest BCUT2D eigenvalue weighted by Crippen LogP contribution is 2.33. The molecular weight excluding hydrogens is 296 g/mol. The van der Waals surface area contributed by atoms with E-state index in [-0.39, 0.29) is 28.0 Å². The molecule has 106 valence electrons. The normalized spacial score (nSPS) is 10.0.